The SMILES string of the molecule is C=C(C)C(=O)Oc1cc(C(C)(c2ccc(C)cc2)P2(=O)Oc3ccccc3-c3ccccc32)ccc1N(C(C)=O)C(=O)CCC(=O)N(C)C(C)=O. The van der Waals surface area contributed by atoms with E-state index in [1.807, 2.05) is 61.5 Å². The second-order valence-electron chi connectivity index (χ2n) is 12.7. The minimum Gasteiger partial charge on any atom is -0.438 e. The van der Waals surface area contributed by atoms with E-state index in [0.29, 0.717) is 22.2 Å². The van der Waals surface area contributed by atoms with Crippen LogP contribution < -0.4 is 19.5 Å². The van der Waals surface area contributed by atoms with Crippen LogP contribution >= 0.6 is 7.37 Å². The number of nitrogens with zero attached hydrogens (tertiary/aromatic N) is 2. The molecule has 4 aromatic carbocycles. The summed E-state index contributed by atoms with van der Waals surface area (Å²) < 4.78 is 28.3. The van der Waals surface area contributed by atoms with Crippen LogP contribution in [0.3, 0.4) is 0 Å². The molecule has 4 amide bonds. The van der Waals surface area contributed by atoms with Crippen molar-refractivity contribution in [3.8, 4) is 22.6 Å². The number of para-hydroxylation sites is 1. The first-order valence-corrected chi connectivity index (χ1v) is 17.9. The average Bonchev–Trinajstić information content (AvgIpc) is 3.10. The maximum absolute atomic E-state index is 15.9. The average molecular weight is 707 g/mol. The van der Waals surface area contributed by atoms with Crippen molar-refractivity contribution in [3.05, 3.63) is 120 Å². The minimum absolute atomic E-state index is 0.0557. The molecule has 0 aliphatic carbocycles. The number of imide groups is 2. The van der Waals surface area contributed by atoms with Gasteiger partial charge in [-0.25, -0.2) is 9.69 Å². The molecule has 10 nitrogen and oxygen atoms in total. The molecule has 51 heavy (non-hydrogen) atoms. The van der Waals surface area contributed by atoms with E-state index in [4.69, 9.17) is 9.26 Å². The number of hydrogen-bond acceptors (Lipinski definition) is 8. The standard InChI is InChI=1S/C40H39N2O8P/c1-25(2)39(47)49-35-24-30(20-21-33(35)42(28(5)44)38(46)23-22-37(45)41(7)27(4)43)40(6,29-18-16-26(3)17-19-29)51(48)36-15-11-9-13-32(36)31-12-8-10-14-34(31)50-51/h8-21,24H,1,22-23H2,2-7H3. The third-order valence-corrected chi connectivity index (χ3v) is 12.3. The number of rotatable bonds is 9. The summed E-state index contributed by atoms with van der Waals surface area (Å²) in [5.41, 5.74) is 3.56. The molecule has 0 aromatic heterocycles. The van der Waals surface area contributed by atoms with Gasteiger partial charge in [0.2, 0.25) is 23.6 Å². The van der Waals surface area contributed by atoms with Gasteiger partial charge < -0.3 is 9.26 Å². The fourth-order valence-corrected chi connectivity index (χ4v) is 9.01. The number of anilines is 1. The quantitative estimate of drug-likeness (QED) is 0.0783. The van der Waals surface area contributed by atoms with Crippen molar-refractivity contribution in [2.75, 3.05) is 11.9 Å². The molecule has 0 saturated carbocycles. The van der Waals surface area contributed by atoms with E-state index in [1.165, 1.54) is 40.0 Å². The molecule has 1 heterocycles. The van der Waals surface area contributed by atoms with Crippen LogP contribution in [0.2, 0.25) is 0 Å². The van der Waals surface area contributed by atoms with E-state index in [2.05, 4.69) is 6.58 Å². The molecular weight excluding hydrogens is 667 g/mol. The molecule has 1 aliphatic rings. The molecule has 0 fully saturated rings. The van der Waals surface area contributed by atoms with E-state index < -0.39 is 48.5 Å². The highest BCUT2D eigenvalue weighted by Gasteiger charge is 2.54. The van der Waals surface area contributed by atoms with Crippen molar-refractivity contribution in [2.45, 2.75) is 52.6 Å². The van der Waals surface area contributed by atoms with Gasteiger partial charge in [-0.1, -0.05) is 78.9 Å². The number of hydrogen-bond donors (Lipinski definition) is 0. The topological polar surface area (TPSA) is 127 Å². The molecule has 0 radical (unpaired) electrons. The van der Waals surface area contributed by atoms with Crippen molar-refractivity contribution < 1.29 is 37.8 Å². The first-order chi connectivity index (χ1) is 24.1. The van der Waals surface area contributed by atoms with Gasteiger partial charge in [0.15, 0.2) is 5.75 Å². The van der Waals surface area contributed by atoms with Gasteiger partial charge in [-0.05, 0) is 61.7 Å². The zero-order valence-electron chi connectivity index (χ0n) is 29.4. The normalized spacial score (nSPS) is 15.6. The lowest BCUT2D eigenvalue weighted by Gasteiger charge is -2.42. The largest absolute Gasteiger partial charge is 0.438 e. The zero-order valence-corrected chi connectivity index (χ0v) is 30.3. The van der Waals surface area contributed by atoms with Crippen LogP contribution in [0.25, 0.3) is 11.1 Å². The number of esters is 1. The molecule has 11 heteroatoms. The van der Waals surface area contributed by atoms with E-state index in [1.54, 1.807) is 31.2 Å². The first-order valence-electron chi connectivity index (χ1n) is 16.3. The number of carbonyl (C=O) groups is 5. The second-order valence-corrected chi connectivity index (χ2v) is 15.3. The van der Waals surface area contributed by atoms with Gasteiger partial charge in [-0.3, -0.25) is 28.6 Å². The van der Waals surface area contributed by atoms with E-state index >= 15 is 4.57 Å². The summed E-state index contributed by atoms with van der Waals surface area (Å²) in [6.07, 6.45) is -0.753. The highest BCUT2D eigenvalue weighted by molar-refractivity contribution is 7.69. The summed E-state index contributed by atoms with van der Waals surface area (Å²) in [6, 6.07) is 26.8. The molecule has 2 unspecified atom stereocenters. The summed E-state index contributed by atoms with van der Waals surface area (Å²) in [4.78, 5) is 65.5. The Morgan fingerprint density at radius 3 is 2.00 bits per heavy atom. The van der Waals surface area contributed by atoms with Crippen molar-refractivity contribution in [2.24, 2.45) is 0 Å². The number of carbonyl (C=O) groups excluding carboxylic acids is 5. The van der Waals surface area contributed by atoms with Crippen molar-refractivity contribution in [3.63, 3.8) is 0 Å². The van der Waals surface area contributed by atoms with Crippen LogP contribution in [-0.2, 0) is 33.7 Å². The Balaban J connectivity index is 1.72. The Morgan fingerprint density at radius 2 is 1.37 bits per heavy atom. The fourth-order valence-electron chi connectivity index (χ4n) is 6.05. The molecule has 0 spiro atoms. The molecule has 2 atom stereocenters. The number of aryl methyl sites for hydroxylation is 1. The summed E-state index contributed by atoms with van der Waals surface area (Å²) >= 11 is 0. The van der Waals surface area contributed by atoms with Crippen LogP contribution in [0.1, 0.15) is 57.2 Å². The van der Waals surface area contributed by atoms with Gasteiger partial charge >= 0.3 is 5.97 Å². The Hall–Kier alpha value is -5.60. The Kier molecular flexibility index (Phi) is 10.3. The zero-order chi connectivity index (χ0) is 37.2. The first kappa shape index (κ1) is 36.7. The van der Waals surface area contributed by atoms with E-state index in [-0.39, 0.29) is 23.4 Å². The lowest BCUT2D eigenvalue weighted by molar-refractivity contribution is -0.143. The van der Waals surface area contributed by atoms with Crippen molar-refractivity contribution in [1.82, 2.24) is 4.90 Å². The van der Waals surface area contributed by atoms with Gasteiger partial charge in [-0.2, -0.15) is 0 Å². The fraction of sp³-hybridized carbons (Fsp3) is 0.225. The predicted octanol–water partition coefficient (Wildman–Crippen LogP) is 7.07. The van der Waals surface area contributed by atoms with Crippen molar-refractivity contribution in [1.29, 1.82) is 0 Å². The van der Waals surface area contributed by atoms with Gasteiger partial charge in [0.1, 0.15) is 10.9 Å². The van der Waals surface area contributed by atoms with Crippen LogP contribution in [0.4, 0.5) is 5.69 Å². The molecule has 262 valence electrons. The molecule has 4 aromatic rings. The minimum atomic E-state index is -3.98. The molecular formula is C40H39N2O8P. The summed E-state index contributed by atoms with van der Waals surface area (Å²) in [5, 5.41) is -0.917. The van der Waals surface area contributed by atoms with Crippen LogP contribution in [-0.4, -0.2) is 41.5 Å². The Bertz CT molecular complexity index is 2140. The Morgan fingerprint density at radius 1 is 0.784 bits per heavy atom. The van der Waals surface area contributed by atoms with E-state index in [0.717, 1.165) is 26.5 Å². The summed E-state index contributed by atoms with van der Waals surface area (Å²) in [7, 11) is -2.68. The maximum atomic E-state index is 15.9. The lowest BCUT2D eigenvalue weighted by atomic mass is 9.90. The third kappa shape index (κ3) is 6.79. The number of ether oxygens (including phenoxy) is 1. The summed E-state index contributed by atoms with van der Waals surface area (Å²) in [5.74, 6) is -3.11. The van der Waals surface area contributed by atoms with Gasteiger partial charge in [0.05, 0.1) is 11.0 Å². The molecule has 5 rings (SSSR count). The van der Waals surface area contributed by atoms with Gasteiger partial charge in [-0.15, -0.1) is 0 Å². The van der Waals surface area contributed by atoms with Crippen LogP contribution in [0, 0.1) is 6.92 Å². The molecule has 0 saturated heterocycles. The van der Waals surface area contributed by atoms with Crippen LogP contribution in [0.5, 0.6) is 11.5 Å². The van der Waals surface area contributed by atoms with Gasteiger partial charge in [0.25, 0.3) is 7.37 Å². The Labute approximate surface area is 297 Å². The third-order valence-electron chi connectivity index (χ3n) is 9.11. The molecule has 0 N–H and O–H groups in total. The predicted molar refractivity (Wildman–Crippen MR) is 195 cm³/mol. The lowest BCUT2D eigenvalue weighted by Crippen LogP contribution is -2.38. The highest BCUT2D eigenvalue weighted by Crippen LogP contribution is 2.69. The number of fused-ring (bicyclic) bond motifs is 3. The van der Waals surface area contributed by atoms with Gasteiger partial charge in [0, 0.05) is 44.9 Å². The number of amides is 4. The van der Waals surface area contributed by atoms with Crippen molar-refractivity contribution >= 4 is 48.0 Å². The smallest absolute Gasteiger partial charge is 0.338 e. The highest BCUT2D eigenvalue weighted by atomic mass is 31.2. The summed E-state index contributed by atoms with van der Waals surface area (Å²) in [6.45, 7) is 11.3. The second kappa shape index (κ2) is 14.3. The number of benzene rings is 4. The van der Waals surface area contributed by atoms with Crippen LogP contribution in [0.15, 0.2) is 103 Å². The molecule has 1 aliphatic heterocycles. The monoisotopic (exact) mass is 706 g/mol. The van der Waals surface area contributed by atoms with E-state index in [9.17, 15) is 24.0 Å². The molecule has 0 bridgehead atoms. The maximum Gasteiger partial charge on any atom is 0.338 e.